The number of allylic oxidation sites excluding steroid dienone is 1. The predicted octanol–water partition coefficient (Wildman–Crippen LogP) is 3.54. The smallest absolute Gasteiger partial charge is 0.328 e. The Kier molecular flexibility index (Phi) is 3.93. The van der Waals surface area contributed by atoms with Crippen LogP contribution in [0.1, 0.15) is 50.0 Å². The number of ether oxygens (including phenoxy) is 1. The van der Waals surface area contributed by atoms with Crippen LogP contribution in [0.15, 0.2) is 12.2 Å². The molecule has 0 aromatic carbocycles. The monoisotopic (exact) mass is 238 g/mol. The molecule has 1 aliphatic rings. The van der Waals surface area contributed by atoms with Crippen molar-refractivity contribution < 1.29 is 4.74 Å². The molecule has 4 heteroatoms. The van der Waals surface area contributed by atoms with E-state index in [0.717, 1.165) is 17.8 Å². The van der Waals surface area contributed by atoms with Crippen LogP contribution in [0.4, 0.5) is 0 Å². The van der Waals surface area contributed by atoms with Crippen molar-refractivity contribution in [1.82, 2.24) is 9.36 Å². The van der Waals surface area contributed by atoms with Crippen molar-refractivity contribution in [3.8, 4) is 6.01 Å². The second kappa shape index (κ2) is 5.43. The number of hydrogen-bond donors (Lipinski definition) is 0. The first-order valence-corrected chi connectivity index (χ1v) is 6.70. The van der Waals surface area contributed by atoms with Crippen molar-refractivity contribution in [2.75, 3.05) is 6.61 Å². The maximum Gasteiger partial charge on any atom is 0.328 e. The summed E-state index contributed by atoms with van der Waals surface area (Å²) in [6.45, 7) is 6.86. The van der Waals surface area contributed by atoms with Gasteiger partial charge in [-0.1, -0.05) is 19.1 Å². The minimum absolute atomic E-state index is 0.526. The summed E-state index contributed by atoms with van der Waals surface area (Å²) in [5, 5.41) is 1.12. The normalized spacial score (nSPS) is 21.1. The van der Waals surface area contributed by atoms with Crippen LogP contribution in [0.2, 0.25) is 0 Å². The molecule has 1 saturated carbocycles. The molecule has 0 saturated heterocycles. The van der Waals surface area contributed by atoms with E-state index in [1.807, 2.05) is 0 Å². The van der Waals surface area contributed by atoms with Gasteiger partial charge in [-0.05, 0) is 43.6 Å². The molecule has 1 aromatic heterocycles. The van der Waals surface area contributed by atoms with Gasteiger partial charge in [0.15, 0.2) is 0 Å². The lowest BCUT2D eigenvalue weighted by Gasteiger charge is -2.20. The van der Waals surface area contributed by atoms with E-state index in [9.17, 15) is 0 Å². The van der Waals surface area contributed by atoms with Gasteiger partial charge in [0.25, 0.3) is 0 Å². The Bertz CT molecular complexity index is 362. The van der Waals surface area contributed by atoms with Crippen molar-refractivity contribution in [2.24, 2.45) is 0 Å². The topological polar surface area (TPSA) is 35.0 Å². The van der Waals surface area contributed by atoms with E-state index in [4.69, 9.17) is 4.74 Å². The summed E-state index contributed by atoms with van der Waals surface area (Å²) in [5.74, 6) is 0.526. The Morgan fingerprint density at radius 3 is 3.19 bits per heavy atom. The quantitative estimate of drug-likeness (QED) is 0.752. The third-order valence-electron chi connectivity index (χ3n) is 2.83. The Hall–Kier alpha value is -0.900. The molecule has 0 amide bonds. The second-order valence-electron chi connectivity index (χ2n) is 4.31. The van der Waals surface area contributed by atoms with Crippen LogP contribution in [0.3, 0.4) is 0 Å². The largest absolute Gasteiger partial charge is 0.463 e. The summed E-state index contributed by atoms with van der Waals surface area (Å²) >= 11 is 1.48. The first kappa shape index (κ1) is 11.6. The van der Waals surface area contributed by atoms with Crippen LogP contribution >= 0.6 is 11.5 Å². The third-order valence-corrected chi connectivity index (χ3v) is 3.68. The summed E-state index contributed by atoms with van der Waals surface area (Å²) in [5.41, 5.74) is 1.35. The molecule has 2 rings (SSSR count). The van der Waals surface area contributed by atoms with E-state index >= 15 is 0 Å². The first-order chi connectivity index (χ1) is 7.79. The highest BCUT2D eigenvalue weighted by Crippen LogP contribution is 2.36. The zero-order chi connectivity index (χ0) is 11.4. The van der Waals surface area contributed by atoms with Gasteiger partial charge in [-0.3, -0.25) is 0 Å². The zero-order valence-corrected chi connectivity index (χ0v) is 10.6. The highest BCUT2D eigenvalue weighted by Gasteiger charge is 2.21. The van der Waals surface area contributed by atoms with E-state index in [2.05, 4.69) is 22.9 Å². The second-order valence-corrected chi connectivity index (χ2v) is 5.09. The van der Waals surface area contributed by atoms with Gasteiger partial charge in [0.2, 0.25) is 0 Å². The summed E-state index contributed by atoms with van der Waals surface area (Å²) in [6, 6.07) is 0.554. The lowest BCUT2D eigenvalue weighted by Crippen LogP contribution is -2.06. The molecule has 0 radical (unpaired) electrons. The molecule has 0 spiro atoms. The molecule has 0 aliphatic heterocycles. The number of hydrogen-bond acceptors (Lipinski definition) is 4. The molecule has 1 fully saturated rings. The van der Waals surface area contributed by atoms with Gasteiger partial charge in [-0.2, -0.15) is 4.98 Å². The maximum absolute atomic E-state index is 5.42. The maximum atomic E-state index is 5.42. The molecule has 1 unspecified atom stereocenters. The summed E-state index contributed by atoms with van der Waals surface area (Å²) < 4.78 is 9.65. The molecule has 88 valence electrons. The van der Waals surface area contributed by atoms with Crippen LogP contribution in [0.5, 0.6) is 6.01 Å². The lowest BCUT2D eigenvalue weighted by atomic mass is 9.87. The SMILES string of the molecule is C=C1CCCC(c2nc(OCCC)ns2)C1. The number of aromatic nitrogens is 2. The molecule has 0 bridgehead atoms. The van der Waals surface area contributed by atoms with E-state index in [1.165, 1.54) is 36.4 Å². The van der Waals surface area contributed by atoms with Crippen molar-refractivity contribution in [3.63, 3.8) is 0 Å². The molecule has 1 atom stereocenters. The minimum atomic E-state index is 0.526. The van der Waals surface area contributed by atoms with Crippen LogP contribution in [0.25, 0.3) is 0 Å². The third kappa shape index (κ3) is 2.82. The Labute approximate surface area is 101 Å². The molecule has 3 nitrogen and oxygen atoms in total. The van der Waals surface area contributed by atoms with Crippen molar-refractivity contribution in [2.45, 2.75) is 44.9 Å². The predicted molar refractivity (Wildman–Crippen MR) is 66.0 cm³/mol. The van der Waals surface area contributed by atoms with Crippen molar-refractivity contribution in [1.29, 1.82) is 0 Å². The van der Waals surface area contributed by atoms with Gasteiger partial charge in [-0.25, -0.2) is 0 Å². The van der Waals surface area contributed by atoms with E-state index in [0.29, 0.717) is 18.5 Å². The fraction of sp³-hybridized carbons (Fsp3) is 0.667. The van der Waals surface area contributed by atoms with Crippen LogP contribution < -0.4 is 4.74 Å². The van der Waals surface area contributed by atoms with Gasteiger partial charge in [0, 0.05) is 5.92 Å². The molecular formula is C12H18N2OS. The van der Waals surface area contributed by atoms with Gasteiger partial charge < -0.3 is 4.74 Å². The lowest BCUT2D eigenvalue weighted by molar-refractivity contribution is 0.295. The van der Waals surface area contributed by atoms with E-state index in [1.54, 1.807) is 0 Å². The van der Waals surface area contributed by atoms with E-state index in [-0.39, 0.29) is 0 Å². The van der Waals surface area contributed by atoms with Crippen molar-refractivity contribution >= 4 is 11.5 Å². The average molecular weight is 238 g/mol. The highest BCUT2D eigenvalue weighted by molar-refractivity contribution is 7.05. The summed E-state index contributed by atoms with van der Waals surface area (Å²) in [4.78, 5) is 4.45. The Morgan fingerprint density at radius 1 is 1.56 bits per heavy atom. The molecule has 1 heterocycles. The van der Waals surface area contributed by atoms with Gasteiger partial charge in [-0.15, -0.1) is 4.37 Å². The molecular weight excluding hydrogens is 220 g/mol. The Balaban J connectivity index is 1.97. The van der Waals surface area contributed by atoms with Gasteiger partial charge >= 0.3 is 6.01 Å². The van der Waals surface area contributed by atoms with Crippen LogP contribution in [-0.4, -0.2) is 16.0 Å². The molecule has 1 aromatic rings. The Morgan fingerprint density at radius 2 is 2.44 bits per heavy atom. The summed E-state index contributed by atoms with van der Waals surface area (Å²) in [7, 11) is 0. The summed E-state index contributed by atoms with van der Waals surface area (Å²) in [6.07, 6.45) is 5.68. The molecule has 1 aliphatic carbocycles. The standard InChI is InChI=1S/C12H18N2OS/c1-3-7-15-12-13-11(16-14-12)10-6-4-5-9(2)8-10/h10H,2-8H2,1H3. The number of rotatable bonds is 4. The average Bonchev–Trinajstić information content (AvgIpc) is 2.75. The van der Waals surface area contributed by atoms with Crippen LogP contribution in [-0.2, 0) is 0 Å². The van der Waals surface area contributed by atoms with Crippen molar-refractivity contribution in [3.05, 3.63) is 17.2 Å². The highest BCUT2D eigenvalue weighted by atomic mass is 32.1. The fourth-order valence-corrected chi connectivity index (χ4v) is 2.73. The minimum Gasteiger partial charge on any atom is -0.463 e. The first-order valence-electron chi connectivity index (χ1n) is 5.92. The number of nitrogens with zero attached hydrogens (tertiary/aromatic N) is 2. The zero-order valence-electron chi connectivity index (χ0n) is 9.74. The molecule has 16 heavy (non-hydrogen) atoms. The molecule has 0 N–H and O–H groups in total. The van der Waals surface area contributed by atoms with Gasteiger partial charge in [0.1, 0.15) is 5.01 Å². The fourth-order valence-electron chi connectivity index (χ4n) is 2.00. The van der Waals surface area contributed by atoms with Gasteiger partial charge in [0.05, 0.1) is 6.61 Å². The van der Waals surface area contributed by atoms with Crippen LogP contribution in [0, 0.1) is 0 Å². The van der Waals surface area contributed by atoms with E-state index < -0.39 is 0 Å².